The highest BCUT2D eigenvalue weighted by Gasteiger charge is 2.25. The second-order valence-electron chi connectivity index (χ2n) is 4.77. The number of benzene rings is 1. The highest BCUT2D eigenvalue weighted by atomic mass is 35.5. The normalized spacial score (nSPS) is 12.1. The molecule has 4 nitrogen and oxygen atoms in total. The summed E-state index contributed by atoms with van der Waals surface area (Å²) >= 11 is 5.77. The molecule has 1 heterocycles. The zero-order valence-corrected chi connectivity index (χ0v) is 13.6. The number of pyridine rings is 1. The number of alkyl halides is 1. The Kier molecular flexibility index (Phi) is 5.56. The van der Waals surface area contributed by atoms with Gasteiger partial charge in [0.1, 0.15) is 0 Å². The van der Waals surface area contributed by atoms with Gasteiger partial charge in [-0.2, -0.15) is 4.31 Å². The van der Waals surface area contributed by atoms with Gasteiger partial charge in [-0.1, -0.05) is 19.4 Å². The Morgan fingerprint density at radius 3 is 2.71 bits per heavy atom. The van der Waals surface area contributed by atoms with E-state index in [9.17, 15) is 8.42 Å². The van der Waals surface area contributed by atoms with Crippen LogP contribution in [0.5, 0.6) is 0 Å². The fraction of sp³-hybridized carbons (Fsp3) is 0.400. The Morgan fingerprint density at radius 2 is 2.00 bits per heavy atom. The summed E-state index contributed by atoms with van der Waals surface area (Å²) in [5, 5.41) is 0.649. The summed E-state index contributed by atoms with van der Waals surface area (Å²) in [5.41, 5.74) is 0.680. The molecule has 0 spiro atoms. The molecule has 2 rings (SSSR count). The van der Waals surface area contributed by atoms with E-state index < -0.39 is 10.0 Å². The fourth-order valence-electron chi connectivity index (χ4n) is 2.22. The number of hydrogen-bond acceptors (Lipinski definition) is 3. The Hall–Kier alpha value is -1.17. The van der Waals surface area contributed by atoms with Crippen molar-refractivity contribution in [3.05, 3.63) is 36.5 Å². The maximum Gasteiger partial charge on any atom is 0.243 e. The molecule has 21 heavy (non-hydrogen) atoms. The van der Waals surface area contributed by atoms with Crippen LogP contribution in [0.3, 0.4) is 0 Å². The number of fused-ring (bicyclic) bond motifs is 1. The van der Waals surface area contributed by atoms with E-state index in [0.717, 1.165) is 12.8 Å². The zero-order valence-electron chi connectivity index (χ0n) is 12.0. The van der Waals surface area contributed by atoms with Crippen molar-refractivity contribution in [2.45, 2.75) is 24.7 Å². The first-order chi connectivity index (χ1) is 10.1. The number of aromatic nitrogens is 1. The minimum Gasteiger partial charge on any atom is -0.256 e. The summed E-state index contributed by atoms with van der Waals surface area (Å²) in [6.45, 7) is 2.84. The SMILES string of the molecule is CCCCN(CCCl)S(=O)(=O)c1cccc2ncccc12. The molecule has 1 aromatic heterocycles. The van der Waals surface area contributed by atoms with Crippen LogP contribution in [0.1, 0.15) is 19.8 Å². The van der Waals surface area contributed by atoms with Crippen LogP contribution in [0.15, 0.2) is 41.4 Å². The minimum atomic E-state index is -3.55. The van der Waals surface area contributed by atoms with E-state index in [1.54, 1.807) is 30.5 Å². The molecule has 0 aliphatic rings. The van der Waals surface area contributed by atoms with Gasteiger partial charge in [-0.05, 0) is 30.7 Å². The summed E-state index contributed by atoms with van der Waals surface area (Å²) in [6.07, 6.45) is 3.41. The monoisotopic (exact) mass is 326 g/mol. The van der Waals surface area contributed by atoms with Crippen LogP contribution < -0.4 is 0 Å². The smallest absolute Gasteiger partial charge is 0.243 e. The average Bonchev–Trinajstić information content (AvgIpc) is 2.50. The molecular weight excluding hydrogens is 308 g/mol. The Bertz CT molecular complexity index is 698. The van der Waals surface area contributed by atoms with E-state index in [4.69, 9.17) is 11.6 Å². The van der Waals surface area contributed by atoms with Crippen LogP contribution in [0, 0.1) is 0 Å². The second-order valence-corrected chi connectivity index (χ2v) is 7.06. The van der Waals surface area contributed by atoms with Crippen molar-refractivity contribution in [2.75, 3.05) is 19.0 Å². The third-order valence-corrected chi connectivity index (χ3v) is 5.44. The maximum atomic E-state index is 12.9. The Labute approximate surface area is 130 Å². The standard InChI is InChI=1S/C15H19ClN2O2S/c1-2-3-11-18(12-9-16)21(19,20)15-8-4-7-14-13(15)6-5-10-17-14/h4-8,10H,2-3,9,11-12H2,1H3. The lowest BCUT2D eigenvalue weighted by Crippen LogP contribution is -2.33. The lowest BCUT2D eigenvalue weighted by molar-refractivity contribution is 0.421. The minimum absolute atomic E-state index is 0.284. The molecule has 0 N–H and O–H groups in total. The quantitative estimate of drug-likeness (QED) is 0.734. The van der Waals surface area contributed by atoms with Crippen LogP contribution >= 0.6 is 11.6 Å². The number of halogens is 1. The van der Waals surface area contributed by atoms with Gasteiger partial charge in [-0.3, -0.25) is 4.98 Å². The van der Waals surface area contributed by atoms with Crippen molar-refractivity contribution in [1.82, 2.24) is 9.29 Å². The molecule has 6 heteroatoms. The Balaban J connectivity index is 2.49. The van der Waals surface area contributed by atoms with Gasteiger partial charge in [0.15, 0.2) is 0 Å². The molecule has 0 unspecified atom stereocenters. The number of hydrogen-bond donors (Lipinski definition) is 0. The largest absolute Gasteiger partial charge is 0.256 e. The van der Waals surface area contributed by atoms with Gasteiger partial charge in [-0.25, -0.2) is 8.42 Å². The molecule has 0 atom stereocenters. The number of sulfonamides is 1. The molecule has 0 fully saturated rings. The summed E-state index contributed by atoms with van der Waals surface area (Å²) in [6, 6.07) is 8.70. The molecular formula is C15H19ClN2O2S. The van der Waals surface area contributed by atoms with Crippen molar-refractivity contribution in [3.63, 3.8) is 0 Å². The van der Waals surface area contributed by atoms with Crippen molar-refractivity contribution in [3.8, 4) is 0 Å². The Morgan fingerprint density at radius 1 is 1.19 bits per heavy atom. The van der Waals surface area contributed by atoms with E-state index >= 15 is 0 Å². The first-order valence-corrected chi connectivity index (χ1v) is 8.98. The molecule has 0 saturated carbocycles. The molecule has 0 saturated heterocycles. The van der Waals surface area contributed by atoms with E-state index in [1.165, 1.54) is 4.31 Å². The first-order valence-electron chi connectivity index (χ1n) is 7.01. The second kappa shape index (κ2) is 7.20. The van der Waals surface area contributed by atoms with Crippen molar-refractivity contribution >= 4 is 32.5 Å². The zero-order chi connectivity index (χ0) is 15.3. The molecule has 0 radical (unpaired) electrons. The summed E-state index contributed by atoms with van der Waals surface area (Å²) < 4.78 is 27.2. The van der Waals surface area contributed by atoms with Crippen LogP contribution in [0.25, 0.3) is 10.9 Å². The predicted molar refractivity (Wildman–Crippen MR) is 86.1 cm³/mol. The van der Waals surface area contributed by atoms with Gasteiger partial charge in [0.25, 0.3) is 0 Å². The van der Waals surface area contributed by atoms with E-state index in [1.807, 2.05) is 13.0 Å². The molecule has 1 aromatic carbocycles. The molecule has 114 valence electrons. The lowest BCUT2D eigenvalue weighted by atomic mass is 10.2. The first kappa shape index (κ1) is 16.2. The maximum absolute atomic E-state index is 12.9. The van der Waals surface area contributed by atoms with E-state index in [-0.39, 0.29) is 5.88 Å². The molecule has 2 aromatic rings. The van der Waals surface area contributed by atoms with Crippen molar-refractivity contribution in [2.24, 2.45) is 0 Å². The van der Waals surface area contributed by atoms with Crippen LogP contribution in [0.2, 0.25) is 0 Å². The fourth-order valence-corrected chi connectivity index (χ4v) is 4.20. The summed E-state index contributed by atoms with van der Waals surface area (Å²) in [4.78, 5) is 4.51. The van der Waals surface area contributed by atoms with Crippen LogP contribution in [-0.2, 0) is 10.0 Å². The van der Waals surface area contributed by atoms with Crippen LogP contribution in [0.4, 0.5) is 0 Å². The lowest BCUT2D eigenvalue weighted by Gasteiger charge is -2.21. The van der Waals surface area contributed by atoms with Gasteiger partial charge in [0, 0.05) is 30.6 Å². The van der Waals surface area contributed by atoms with Gasteiger partial charge in [0.2, 0.25) is 10.0 Å². The van der Waals surface area contributed by atoms with Gasteiger partial charge < -0.3 is 0 Å². The van der Waals surface area contributed by atoms with Crippen molar-refractivity contribution < 1.29 is 8.42 Å². The van der Waals surface area contributed by atoms with Gasteiger partial charge in [0.05, 0.1) is 10.4 Å². The number of nitrogens with zero attached hydrogens (tertiary/aromatic N) is 2. The van der Waals surface area contributed by atoms with Crippen molar-refractivity contribution in [1.29, 1.82) is 0 Å². The van der Waals surface area contributed by atoms with Gasteiger partial charge >= 0.3 is 0 Å². The summed E-state index contributed by atoms with van der Waals surface area (Å²) in [7, 11) is -3.55. The third kappa shape index (κ3) is 3.54. The van der Waals surface area contributed by atoms with E-state index in [0.29, 0.717) is 28.9 Å². The highest BCUT2D eigenvalue weighted by Crippen LogP contribution is 2.24. The predicted octanol–water partition coefficient (Wildman–Crippen LogP) is 3.26. The molecule has 0 aliphatic carbocycles. The number of rotatable bonds is 7. The molecule has 0 amide bonds. The topological polar surface area (TPSA) is 50.3 Å². The highest BCUT2D eigenvalue weighted by molar-refractivity contribution is 7.89. The average molecular weight is 327 g/mol. The molecule has 0 bridgehead atoms. The van der Waals surface area contributed by atoms with Gasteiger partial charge in [-0.15, -0.1) is 11.6 Å². The van der Waals surface area contributed by atoms with E-state index in [2.05, 4.69) is 4.98 Å². The van der Waals surface area contributed by atoms with Crippen LogP contribution in [-0.4, -0.2) is 36.7 Å². The summed E-state index contributed by atoms with van der Waals surface area (Å²) in [5.74, 6) is 0.284. The third-order valence-electron chi connectivity index (χ3n) is 3.32. The number of unbranched alkanes of at least 4 members (excludes halogenated alkanes) is 1. The molecule has 0 aliphatic heterocycles.